The highest BCUT2D eigenvalue weighted by Gasteiger charge is 2.25. The van der Waals surface area contributed by atoms with E-state index in [4.69, 9.17) is 20.8 Å². The number of ether oxygens (including phenoxy) is 1. The third-order valence-electron chi connectivity index (χ3n) is 5.14. The number of anilines is 1. The van der Waals surface area contributed by atoms with Gasteiger partial charge in [0.05, 0.1) is 6.54 Å². The zero-order valence-electron chi connectivity index (χ0n) is 23.2. The Labute approximate surface area is 239 Å². The normalized spacial score (nSPS) is 12.1. The summed E-state index contributed by atoms with van der Waals surface area (Å²) in [5.41, 5.74) is 1.28. The molecular weight excluding hydrogens is 558 g/mol. The van der Waals surface area contributed by atoms with E-state index in [0.717, 1.165) is 5.56 Å². The molecule has 4 N–H and O–H groups in total. The summed E-state index contributed by atoms with van der Waals surface area (Å²) in [4.78, 5) is 29.0. The summed E-state index contributed by atoms with van der Waals surface area (Å²) < 4.78 is 39.2. The van der Waals surface area contributed by atoms with E-state index in [9.17, 15) is 18.0 Å². The Morgan fingerprint density at radius 2 is 1.68 bits per heavy atom. The summed E-state index contributed by atoms with van der Waals surface area (Å²) in [6.45, 7) is 10.8. The number of carbonyl (C=O) groups is 2. The number of hydrogen-bond donors (Lipinski definition) is 4. The average Bonchev–Trinajstić information content (AvgIpc) is 3.26. The largest absolute Gasteiger partial charge is 0.443 e. The molecule has 0 aliphatic heterocycles. The molecule has 0 radical (unpaired) electrons. The number of benzene rings is 2. The molecule has 0 saturated carbocycles. The molecular formula is C27H34ClN5O6S. The van der Waals surface area contributed by atoms with Crippen LogP contribution >= 0.6 is 11.6 Å². The van der Waals surface area contributed by atoms with Gasteiger partial charge in [-0.15, -0.1) is 0 Å². The van der Waals surface area contributed by atoms with Crippen LogP contribution in [0.5, 0.6) is 0 Å². The van der Waals surface area contributed by atoms with Gasteiger partial charge in [-0.25, -0.2) is 19.3 Å². The molecule has 2 aromatic carbocycles. The second-order valence-corrected chi connectivity index (χ2v) is 12.9. The molecule has 0 aliphatic rings. The molecule has 3 amide bonds. The minimum Gasteiger partial charge on any atom is -0.443 e. The number of amides is 3. The van der Waals surface area contributed by atoms with Crippen LogP contribution in [0, 0.1) is 0 Å². The van der Waals surface area contributed by atoms with Crippen LogP contribution in [0.25, 0.3) is 11.3 Å². The Bertz CT molecular complexity index is 1460. The van der Waals surface area contributed by atoms with E-state index in [2.05, 4.69) is 20.3 Å². The SMILES string of the molecule is CC(C)(C)OC(=O)NS(=O)(=O)NCc1ccc(NC(=O)NCc2oc(C(C)(C)C)nc2-c2cccc(Cl)c2)cc1. The molecule has 0 bridgehead atoms. The van der Waals surface area contributed by atoms with Crippen molar-refractivity contribution < 1.29 is 27.2 Å². The van der Waals surface area contributed by atoms with Crippen LogP contribution in [0.3, 0.4) is 0 Å². The molecule has 3 rings (SSSR count). The first-order chi connectivity index (χ1) is 18.5. The minimum absolute atomic E-state index is 0.0846. The van der Waals surface area contributed by atoms with Crippen LogP contribution in [0.4, 0.5) is 15.3 Å². The zero-order chi connectivity index (χ0) is 29.7. The number of carbonyl (C=O) groups excluding carboxylic acids is 2. The van der Waals surface area contributed by atoms with E-state index in [1.165, 1.54) is 0 Å². The lowest BCUT2D eigenvalue weighted by atomic mass is 9.97. The van der Waals surface area contributed by atoms with Crippen molar-refractivity contribution in [3.8, 4) is 11.3 Å². The lowest BCUT2D eigenvalue weighted by molar-refractivity contribution is 0.0569. The summed E-state index contributed by atoms with van der Waals surface area (Å²) in [6, 6.07) is 13.3. The molecule has 3 aromatic rings. The van der Waals surface area contributed by atoms with Gasteiger partial charge in [-0.05, 0) is 50.6 Å². The molecule has 1 aromatic heterocycles. The highest BCUT2D eigenvalue weighted by Crippen LogP contribution is 2.31. The molecule has 0 unspecified atom stereocenters. The Morgan fingerprint density at radius 3 is 2.27 bits per heavy atom. The van der Waals surface area contributed by atoms with Crippen molar-refractivity contribution in [3.63, 3.8) is 0 Å². The monoisotopic (exact) mass is 591 g/mol. The van der Waals surface area contributed by atoms with Gasteiger partial charge in [0, 0.05) is 28.2 Å². The molecule has 0 spiro atoms. The van der Waals surface area contributed by atoms with Gasteiger partial charge in [0.2, 0.25) is 0 Å². The summed E-state index contributed by atoms with van der Waals surface area (Å²) in [6.07, 6.45) is -1.08. The van der Waals surface area contributed by atoms with Crippen molar-refractivity contribution in [1.29, 1.82) is 0 Å². The fourth-order valence-electron chi connectivity index (χ4n) is 3.32. The number of nitrogens with zero attached hydrogens (tertiary/aromatic N) is 1. The van der Waals surface area contributed by atoms with Crippen molar-refractivity contribution in [3.05, 3.63) is 70.8 Å². The topological polar surface area (TPSA) is 152 Å². The maximum absolute atomic E-state index is 12.6. The number of halogens is 1. The summed E-state index contributed by atoms with van der Waals surface area (Å²) in [5, 5.41) is 6.05. The Kier molecular flexibility index (Phi) is 9.49. The van der Waals surface area contributed by atoms with E-state index in [1.54, 1.807) is 61.9 Å². The Morgan fingerprint density at radius 1 is 1.00 bits per heavy atom. The van der Waals surface area contributed by atoms with Gasteiger partial charge in [-0.1, -0.05) is 56.6 Å². The number of nitrogens with one attached hydrogen (secondary N) is 4. The lowest BCUT2D eigenvalue weighted by Crippen LogP contribution is -2.42. The maximum Gasteiger partial charge on any atom is 0.422 e. The number of urea groups is 1. The highest BCUT2D eigenvalue weighted by atomic mass is 35.5. The number of hydrogen-bond acceptors (Lipinski definition) is 7. The van der Waals surface area contributed by atoms with Gasteiger partial charge in [-0.3, -0.25) is 0 Å². The molecule has 1 heterocycles. The van der Waals surface area contributed by atoms with Crippen LogP contribution in [0.1, 0.15) is 58.8 Å². The number of oxazole rings is 1. The van der Waals surface area contributed by atoms with E-state index >= 15 is 0 Å². The molecule has 0 fully saturated rings. The van der Waals surface area contributed by atoms with Crippen LogP contribution in [-0.4, -0.2) is 31.1 Å². The summed E-state index contributed by atoms with van der Waals surface area (Å²) in [5.74, 6) is 1.03. The second-order valence-electron chi connectivity index (χ2n) is 11.0. The first kappa shape index (κ1) is 30.9. The fourth-order valence-corrected chi connectivity index (χ4v) is 4.20. The summed E-state index contributed by atoms with van der Waals surface area (Å²) in [7, 11) is -4.12. The van der Waals surface area contributed by atoms with Crippen molar-refractivity contribution in [2.75, 3.05) is 5.32 Å². The first-order valence-electron chi connectivity index (χ1n) is 12.4. The zero-order valence-corrected chi connectivity index (χ0v) is 24.8. The Balaban J connectivity index is 1.57. The average molecular weight is 592 g/mol. The smallest absolute Gasteiger partial charge is 0.422 e. The molecule has 0 aliphatic carbocycles. The number of rotatable bonds is 8. The molecule has 0 saturated heterocycles. The standard InChI is InChI=1S/C27H34ClN5O6S/c1-26(2,3)23-32-22(18-8-7-9-19(28)14-18)21(38-23)16-29-24(34)31-20-12-10-17(11-13-20)15-30-40(36,37)33-25(35)39-27(4,5)6/h7-14,30H,15-16H2,1-6H3,(H,33,35)(H2,29,31,34). The number of aromatic nitrogens is 1. The van der Waals surface area contributed by atoms with Crippen LogP contribution in [0.15, 0.2) is 52.9 Å². The Hall–Kier alpha value is -3.61. The van der Waals surface area contributed by atoms with E-state index in [1.807, 2.05) is 32.9 Å². The predicted octanol–water partition coefficient (Wildman–Crippen LogP) is 5.47. The molecule has 0 atom stereocenters. The third kappa shape index (κ3) is 9.54. The van der Waals surface area contributed by atoms with Gasteiger partial charge in [0.1, 0.15) is 11.3 Å². The van der Waals surface area contributed by atoms with Crippen molar-refractivity contribution in [2.24, 2.45) is 0 Å². The minimum atomic E-state index is -4.12. The van der Waals surface area contributed by atoms with Gasteiger partial charge < -0.3 is 19.8 Å². The quantitative estimate of drug-likeness (QED) is 0.271. The highest BCUT2D eigenvalue weighted by molar-refractivity contribution is 7.88. The van der Waals surface area contributed by atoms with Gasteiger partial charge in [-0.2, -0.15) is 13.1 Å². The first-order valence-corrected chi connectivity index (χ1v) is 14.3. The van der Waals surface area contributed by atoms with Crippen LogP contribution < -0.4 is 20.1 Å². The molecule has 13 heteroatoms. The third-order valence-corrected chi connectivity index (χ3v) is 6.34. The van der Waals surface area contributed by atoms with Crippen LogP contribution in [-0.2, 0) is 33.5 Å². The van der Waals surface area contributed by atoms with Gasteiger partial charge in [0.25, 0.3) is 0 Å². The van der Waals surface area contributed by atoms with Crippen molar-refractivity contribution >= 4 is 39.6 Å². The van der Waals surface area contributed by atoms with Gasteiger partial charge >= 0.3 is 22.3 Å². The van der Waals surface area contributed by atoms with Crippen molar-refractivity contribution in [2.45, 2.75) is 65.6 Å². The maximum atomic E-state index is 12.6. The fraction of sp³-hybridized carbons (Fsp3) is 0.370. The van der Waals surface area contributed by atoms with Gasteiger partial charge in [0.15, 0.2) is 11.7 Å². The predicted molar refractivity (Wildman–Crippen MR) is 153 cm³/mol. The molecule has 11 nitrogen and oxygen atoms in total. The van der Waals surface area contributed by atoms with E-state index < -0.39 is 27.9 Å². The van der Waals surface area contributed by atoms with E-state index in [0.29, 0.717) is 33.6 Å². The van der Waals surface area contributed by atoms with Crippen molar-refractivity contribution in [1.82, 2.24) is 19.7 Å². The second kappa shape index (κ2) is 12.3. The molecule has 40 heavy (non-hydrogen) atoms. The lowest BCUT2D eigenvalue weighted by Gasteiger charge is -2.19. The van der Waals surface area contributed by atoms with E-state index in [-0.39, 0.29) is 18.5 Å². The molecule has 216 valence electrons. The van der Waals surface area contributed by atoms with Crippen LogP contribution in [0.2, 0.25) is 5.02 Å². The summed E-state index contributed by atoms with van der Waals surface area (Å²) >= 11 is 6.16.